The second-order valence-corrected chi connectivity index (χ2v) is 17.3. The molecule has 9 nitrogen and oxygen atoms in total. The minimum absolute atomic E-state index is 0.0208. The van der Waals surface area contributed by atoms with Crippen molar-refractivity contribution in [2.45, 2.75) is 199 Å². The summed E-state index contributed by atoms with van der Waals surface area (Å²) in [5.41, 5.74) is 0. The number of ether oxygens (including phenoxy) is 3. The fraction of sp³-hybridized carbons (Fsp3) is 0.884. The fourth-order valence-corrected chi connectivity index (χ4v) is 8.00. The van der Waals surface area contributed by atoms with Crippen LogP contribution in [0.3, 0.4) is 0 Å². The van der Waals surface area contributed by atoms with Gasteiger partial charge in [0.25, 0.3) is 0 Å². The Labute approximate surface area is 338 Å². The van der Waals surface area contributed by atoms with E-state index in [0.29, 0.717) is 42.3 Å². The molecule has 0 aromatic heterocycles. The molecule has 11 heteroatoms. The number of hydrogen-bond donors (Lipinski definition) is 0. The van der Waals surface area contributed by atoms with Gasteiger partial charge in [-0.2, -0.15) is 0 Å². The van der Waals surface area contributed by atoms with Crippen molar-refractivity contribution in [1.29, 1.82) is 0 Å². The van der Waals surface area contributed by atoms with Crippen LogP contribution in [0.2, 0.25) is 0 Å². The van der Waals surface area contributed by atoms with E-state index < -0.39 is 0 Å². The molecular formula is C43H79NO8S2. The molecule has 0 unspecified atom stereocenters. The van der Waals surface area contributed by atoms with E-state index in [4.69, 9.17) is 4.74 Å². The first-order valence-electron chi connectivity index (χ1n) is 21.5. The molecule has 0 radical (unpaired) electrons. The van der Waals surface area contributed by atoms with E-state index in [1.807, 2.05) is 14.1 Å². The quantitative estimate of drug-likeness (QED) is 0.0336. The van der Waals surface area contributed by atoms with E-state index in [1.54, 1.807) is 0 Å². The smallest absolute Gasteiger partial charge is 0.306 e. The third kappa shape index (κ3) is 38.7. The number of carbonyl (C=O) groups excluding carboxylic acids is 5. The third-order valence-electron chi connectivity index (χ3n) is 9.63. The summed E-state index contributed by atoms with van der Waals surface area (Å²) in [5, 5.41) is 0.618. The fourth-order valence-electron chi connectivity index (χ4n) is 6.27. The number of hydrogen-bond acceptors (Lipinski definition) is 11. The molecule has 0 aliphatic carbocycles. The molecule has 54 heavy (non-hydrogen) atoms. The summed E-state index contributed by atoms with van der Waals surface area (Å²) in [5.74, 6) is 1.46. The standard InChI is InChI=1S/C43H79NO8S2/c1-44(2)35-27-32-41(47)52-38(28-19-11-9-15-23-33-42(48)53-36-25-17-7-5-13-21-30-39(45)50-3)29-20-12-10-16-24-34-43(49)54-37-26-18-8-6-14-22-31-40(46)51-4/h38H,5-37H2,1-4H3. The molecule has 0 heterocycles. The van der Waals surface area contributed by atoms with Crippen molar-refractivity contribution >= 4 is 51.7 Å². The van der Waals surface area contributed by atoms with Crippen molar-refractivity contribution in [2.75, 3.05) is 46.4 Å². The molecule has 0 N–H and O–H groups in total. The summed E-state index contributed by atoms with van der Waals surface area (Å²) < 4.78 is 15.3. The van der Waals surface area contributed by atoms with Crippen molar-refractivity contribution in [3.8, 4) is 0 Å². The Morgan fingerprint density at radius 2 is 0.759 bits per heavy atom. The molecule has 0 fully saturated rings. The lowest BCUT2D eigenvalue weighted by atomic mass is 10.0. The second-order valence-electron chi connectivity index (χ2n) is 15.0. The maximum atomic E-state index is 12.6. The number of nitrogens with zero attached hydrogens (tertiary/aromatic N) is 1. The van der Waals surface area contributed by atoms with Crippen molar-refractivity contribution < 1.29 is 38.2 Å². The molecule has 316 valence electrons. The predicted molar refractivity (Wildman–Crippen MR) is 226 cm³/mol. The number of rotatable bonds is 39. The Bertz CT molecular complexity index is 888. The highest BCUT2D eigenvalue weighted by atomic mass is 32.2. The van der Waals surface area contributed by atoms with Gasteiger partial charge in [-0.15, -0.1) is 0 Å². The molecule has 0 aromatic carbocycles. The minimum atomic E-state index is -0.129. The molecule has 0 aliphatic heterocycles. The van der Waals surface area contributed by atoms with Crippen molar-refractivity contribution in [3.05, 3.63) is 0 Å². The third-order valence-corrected chi connectivity index (χ3v) is 11.7. The van der Waals surface area contributed by atoms with Gasteiger partial charge in [0.2, 0.25) is 0 Å². The lowest BCUT2D eigenvalue weighted by molar-refractivity contribution is -0.150. The van der Waals surface area contributed by atoms with Gasteiger partial charge >= 0.3 is 17.9 Å². The Morgan fingerprint density at radius 1 is 0.426 bits per heavy atom. The van der Waals surface area contributed by atoms with Gasteiger partial charge in [0.15, 0.2) is 10.2 Å². The van der Waals surface area contributed by atoms with Gasteiger partial charge in [-0.05, 0) is 91.3 Å². The molecule has 0 bridgehead atoms. The first-order valence-corrected chi connectivity index (χ1v) is 23.4. The molecule has 0 rings (SSSR count). The summed E-state index contributed by atoms with van der Waals surface area (Å²) in [6.45, 7) is 0.878. The molecule has 0 atom stereocenters. The van der Waals surface area contributed by atoms with Crippen molar-refractivity contribution in [1.82, 2.24) is 4.90 Å². The average molecular weight is 802 g/mol. The molecule has 0 spiro atoms. The normalized spacial score (nSPS) is 11.3. The number of thioether (sulfide) groups is 2. The molecule has 0 aliphatic rings. The van der Waals surface area contributed by atoms with Gasteiger partial charge in [-0.25, -0.2) is 0 Å². The second kappa shape index (κ2) is 39.6. The number of unbranched alkanes of at least 4 members (excludes halogenated alkanes) is 18. The van der Waals surface area contributed by atoms with Gasteiger partial charge in [0.1, 0.15) is 6.10 Å². The van der Waals surface area contributed by atoms with Crippen LogP contribution in [0, 0.1) is 0 Å². The summed E-state index contributed by atoms with van der Waals surface area (Å²) in [6, 6.07) is 0. The van der Waals surface area contributed by atoms with Crippen LogP contribution >= 0.6 is 23.5 Å². The van der Waals surface area contributed by atoms with Gasteiger partial charge in [0, 0.05) is 43.6 Å². The Morgan fingerprint density at radius 3 is 1.15 bits per heavy atom. The van der Waals surface area contributed by atoms with Crippen LogP contribution < -0.4 is 0 Å². The number of methoxy groups -OCH3 is 2. The lowest BCUT2D eigenvalue weighted by Gasteiger charge is -2.18. The van der Waals surface area contributed by atoms with E-state index in [9.17, 15) is 24.0 Å². The summed E-state index contributed by atoms with van der Waals surface area (Å²) in [4.78, 5) is 61.5. The molecule has 0 saturated carbocycles. The van der Waals surface area contributed by atoms with E-state index >= 15 is 0 Å². The molecule has 0 aromatic rings. The zero-order valence-electron chi connectivity index (χ0n) is 34.9. The maximum Gasteiger partial charge on any atom is 0.306 e. The molecule has 0 saturated heterocycles. The summed E-state index contributed by atoms with van der Waals surface area (Å²) >= 11 is 2.96. The predicted octanol–water partition coefficient (Wildman–Crippen LogP) is 11.0. The van der Waals surface area contributed by atoms with Gasteiger partial charge < -0.3 is 19.1 Å². The van der Waals surface area contributed by atoms with E-state index in [0.717, 1.165) is 179 Å². The van der Waals surface area contributed by atoms with Crippen LogP contribution in [0.5, 0.6) is 0 Å². The Hall–Kier alpha value is -1.59. The van der Waals surface area contributed by atoms with Crippen LogP contribution in [0.4, 0.5) is 0 Å². The van der Waals surface area contributed by atoms with Gasteiger partial charge in [-0.3, -0.25) is 24.0 Å². The highest BCUT2D eigenvalue weighted by molar-refractivity contribution is 8.13. The first-order chi connectivity index (χ1) is 26.2. The Balaban J connectivity index is 4.01. The maximum absolute atomic E-state index is 12.6. The molecule has 0 amide bonds. The van der Waals surface area contributed by atoms with E-state index in [1.165, 1.54) is 37.7 Å². The zero-order chi connectivity index (χ0) is 39.9. The SMILES string of the molecule is COC(=O)CCCCCCCCSC(=O)CCCCCCCC(CCCCCCCC(=O)SCCCCCCCCC(=O)OC)OC(=O)CCCN(C)C. The van der Waals surface area contributed by atoms with Crippen LogP contribution in [-0.4, -0.2) is 85.5 Å². The number of carbonyl (C=O) groups is 5. The Kier molecular flexibility index (Phi) is 38.5. The molecular weight excluding hydrogens is 723 g/mol. The van der Waals surface area contributed by atoms with Crippen LogP contribution in [0.25, 0.3) is 0 Å². The van der Waals surface area contributed by atoms with Crippen molar-refractivity contribution in [2.24, 2.45) is 0 Å². The summed E-state index contributed by atoms with van der Waals surface area (Å²) in [7, 11) is 6.90. The van der Waals surface area contributed by atoms with Crippen molar-refractivity contribution in [3.63, 3.8) is 0 Å². The van der Waals surface area contributed by atoms with Gasteiger partial charge in [0.05, 0.1) is 14.2 Å². The average Bonchev–Trinajstić information content (AvgIpc) is 3.15. The highest BCUT2D eigenvalue weighted by Crippen LogP contribution is 2.20. The lowest BCUT2D eigenvalue weighted by Crippen LogP contribution is -2.20. The van der Waals surface area contributed by atoms with E-state index in [-0.39, 0.29) is 24.0 Å². The van der Waals surface area contributed by atoms with E-state index in [2.05, 4.69) is 14.4 Å². The highest BCUT2D eigenvalue weighted by Gasteiger charge is 2.15. The first kappa shape index (κ1) is 52.4. The van der Waals surface area contributed by atoms with Crippen LogP contribution in [-0.2, 0) is 38.2 Å². The van der Waals surface area contributed by atoms with Gasteiger partial charge in [-0.1, -0.05) is 113 Å². The topological polar surface area (TPSA) is 116 Å². The van der Waals surface area contributed by atoms with Crippen LogP contribution in [0.1, 0.15) is 193 Å². The zero-order valence-corrected chi connectivity index (χ0v) is 36.6. The number of esters is 3. The summed E-state index contributed by atoms with van der Waals surface area (Å²) in [6.07, 6.45) is 28.8. The minimum Gasteiger partial charge on any atom is -0.469 e. The monoisotopic (exact) mass is 802 g/mol. The largest absolute Gasteiger partial charge is 0.469 e. The van der Waals surface area contributed by atoms with Crippen LogP contribution in [0.15, 0.2) is 0 Å².